The van der Waals surface area contributed by atoms with Gasteiger partial charge in [0.15, 0.2) is 5.78 Å². The van der Waals surface area contributed by atoms with Crippen LogP contribution in [-0.4, -0.2) is 34.2 Å². The minimum atomic E-state index is -0.317. The molecule has 34 heavy (non-hydrogen) atoms. The first-order chi connectivity index (χ1) is 16.5. The number of esters is 1. The van der Waals surface area contributed by atoms with E-state index in [0.29, 0.717) is 12.2 Å². The van der Waals surface area contributed by atoms with Crippen molar-refractivity contribution in [1.29, 1.82) is 0 Å². The second-order valence-electron chi connectivity index (χ2n) is 8.50. The third-order valence-corrected chi connectivity index (χ3v) is 8.03. The standard InChI is InChI=1S/C26H28N2O4S2/c1-2-32-24(30)13-17-9-10-19(21(12-17)26(31)18-6-3-4-7-18)14-20(29)15-23-28-16-25(34-23)33-22-8-5-11-27-22/h5,9-12,16,18H,2-4,6-8,13-15H2,1H3. The van der Waals surface area contributed by atoms with Crippen molar-refractivity contribution < 1.29 is 19.1 Å². The van der Waals surface area contributed by atoms with Crippen LogP contribution in [0.5, 0.6) is 0 Å². The molecule has 1 aromatic carbocycles. The monoisotopic (exact) mass is 496 g/mol. The Morgan fingerprint density at radius 3 is 2.71 bits per heavy atom. The molecule has 178 valence electrons. The van der Waals surface area contributed by atoms with Crippen LogP contribution < -0.4 is 0 Å². The maximum atomic E-state index is 13.3. The first kappa shape index (κ1) is 24.5. The number of Topliss-reactive ketones (excluding diaryl/α,β-unsaturated/α-hetero) is 2. The fourth-order valence-electron chi connectivity index (χ4n) is 4.30. The molecule has 1 aromatic heterocycles. The summed E-state index contributed by atoms with van der Waals surface area (Å²) in [5.41, 5.74) is 2.04. The Hall–Kier alpha value is -2.58. The summed E-state index contributed by atoms with van der Waals surface area (Å²) in [6.07, 6.45) is 10.8. The van der Waals surface area contributed by atoms with Crippen LogP contribution >= 0.6 is 23.1 Å². The van der Waals surface area contributed by atoms with Gasteiger partial charge in [0.05, 0.1) is 34.9 Å². The van der Waals surface area contributed by atoms with E-state index in [9.17, 15) is 14.4 Å². The topological polar surface area (TPSA) is 85.7 Å². The van der Waals surface area contributed by atoms with E-state index in [0.717, 1.165) is 57.5 Å². The molecule has 0 spiro atoms. The number of aromatic nitrogens is 1. The summed E-state index contributed by atoms with van der Waals surface area (Å²) in [7, 11) is 0. The molecule has 0 amide bonds. The van der Waals surface area contributed by atoms with E-state index in [1.54, 1.807) is 37.1 Å². The van der Waals surface area contributed by atoms with Gasteiger partial charge in [0.2, 0.25) is 0 Å². The maximum absolute atomic E-state index is 13.3. The third kappa shape index (κ3) is 6.51. The lowest BCUT2D eigenvalue weighted by Crippen LogP contribution is -2.17. The van der Waals surface area contributed by atoms with Crippen molar-refractivity contribution in [2.75, 3.05) is 6.61 Å². The molecule has 6 nitrogen and oxygen atoms in total. The van der Waals surface area contributed by atoms with Gasteiger partial charge < -0.3 is 4.74 Å². The molecule has 2 aromatic rings. The lowest BCUT2D eigenvalue weighted by Gasteiger charge is -2.14. The van der Waals surface area contributed by atoms with E-state index in [2.05, 4.69) is 9.98 Å². The summed E-state index contributed by atoms with van der Waals surface area (Å²) >= 11 is 3.09. The molecule has 0 atom stereocenters. The van der Waals surface area contributed by atoms with Crippen LogP contribution in [0, 0.1) is 5.92 Å². The number of benzene rings is 1. The first-order valence-electron chi connectivity index (χ1n) is 11.7. The van der Waals surface area contributed by atoms with Crippen LogP contribution in [0.3, 0.4) is 0 Å². The van der Waals surface area contributed by atoms with Gasteiger partial charge in [0.1, 0.15) is 10.8 Å². The molecular weight excluding hydrogens is 468 g/mol. The number of carbonyl (C=O) groups excluding carboxylic acids is 3. The number of carbonyl (C=O) groups is 3. The largest absolute Gasteiger partial charge is 0.466 e. The zero-order chi connectivity index (χ0) is 23.9. The van der Waals surface area contributed by atoms with E-state index in [1.807, 2.05) is 18.2 Å². The molecule has 4 rings (SSSR count). The van der Waals surface area contributed by atoms with Crippen molar-refractivity contribution in [2.24, 2.45) is 10.9 Å². The summed E-state index contributed by atoms with van der Waals surface area (Å²) < 4.78 is 6.07. The highest BCUT2D eigenvalue weighted by atomic mass is 32.2. The SMILES string of the molecule is CCOC(=O)Cc1ccc(CC(=O)Cc2ncc(SC3=NC=CC3)s2)c(C(=O)C2CCCC2)c1. The number of rotatable bonds is 10. The van der Waals surface area contributed by atoms with Crippen LogP contribution in [0.2, 0.25) is 0 Å². The van der Waals surface area contributed by atoms with E-state index in [-0.39, 0.29) is 42.7 Å². The van der Waals surface area contributed by atoms with Crippen molar-refractivity contribution in [3.63, 3.8) is 0 Å². The van der Waals surface area contributed by atoms with E-state index in [1.165, 1.54) is 11.3 Å². The Balaban J connectivity index is 1.46. The lowest BCUT2D eigenvalue weighted by atomic mass is 9.89. The van der Waals surface area contributed by atoms with Crippen LogP contribution in [0.15, 0.2) is 45.9 Å². The van der Waals surface area contributed by atoms with Gasteiger partial charge in [-0.15, -0.1) is 11.3 Å². The van der Waals surface area contributed by atoms with Gasteiger partial charge in [-0.3, -0.25) is 19.4 Å². The second kappa shape index (κ2) is 11.7. The predicted molar refractivity (Wildman–Crippen MR) is 135 cm³/mol. The number of allylic oxidation sites excluding steroid dienone is 1. The van der Waals surface area contributed by atoms with E-state index in [4.69, 9.17) is 4.74 Å². The number of thioether (sulfide) groups is 1. The van der Waals surface area contributed by atoms with Gasteiger partial charge in [-0.05, 0) is 37.0 Å². The first-order valence-corrected chi connectivity index (χ1v) is 13.3. The summed E-state index contributed by atoms with van der Waals surface area (Å²) in [6.45, 7) is 2.09. The van der Waals surface area contributed by atoms with Crippen LogP contribution in [0.25, 0.3) is 0 Å². The molecule has 0 radical (unpaired) electrons. The lowest BCUT2D eigenvalue weighted by molar-refractivity contribution is -0.142. The third-order valence-electron chi connectivity index (χ3n) is 5.92. The van der Waals surface area contributed by atoms with Gasteiger partial charge in [0.25, 0.3) is 0 Å². The fraction of sp³-hybridized carbons (Fsp3) is 0.423. The Morgan fingerprint density at radius 1 is 1.15 bits per heavy atom. The van der Waals surface area contributed by atoms with Crippen molar-refractivity contribution in [3.05, 3.63) is 58.4 Å². The molecule has 8 heteroatoms. The van der Waals surface area contributed by atoms with Gasteiger partial charge >= 0.3 is 5.97 Å². The van der Waals surface area contributed by atoms with Gasteiger partial charge in [0, 0.05) is 30.5 Å². The molecule has 1 saturated carbocycles. The number of ketones is 2. The molecular formula is C26H28N2O4S2. The highest BCUT2D eigenvalue weighted by Gasteiger charge is 2.26. The van der Waals surface area contributed by atoms with Crippen LogP contribution in [0.1, 0.15) is 65.5 Å². The van der Waals surface area contributed by atoms with Gasteiger partial charge in [-0.2, -0.15) is 0 Å². The second-order valence-corrected chi connectivity index (χ2v) is 11.0. The molecule has 0 bridgehead atoms. The van der Waals surface area contributed by atoms with Crippen molar-refractivity contribution in [1.82, 2.24) is 4.98 Å². The number of nitrogens with zero attached hydrogens (tertiary/aromatic N) is 2. The Kier molecular flexibility index (Phi) is 8.45. The minimum absolute atomic E-state index is 0.00164. The molecule has 1 fully saturated rings. The van der Waals surface area contributed by atoms with Crippen molar-refractivity contribution >= 4 is 45.7 Å². The molecule has 1 aliphatic heterocycles. The fourth-order valence-corrected chi connectivity index (χ4v) is 6.35. The van der Waals surface area contributed by atoms with Crippen LogP contribution in [-0.2, 0) is 33.6 Å². The summed E-state index contributed by atoms with van der Waals surface area (Å²) in [5, 5.41) is 1.79. The summed E-state index contributed by atoms with van der Waals surface area (Å²) in [6, 6.07) is 5.43. The van der Waals surface area contributed by atoms with Gasteiger partial charge in [-0.25, -0.2) is 4.98 Å². The normalized spacial score (nSPS) is 15.5. The number of hydrogen-bond donors (Lipinski definition) is 0. The Morgan fingerprint density at radius 2 is 1.97 bits per heavy atom. The maximum Gasteiger partial charge on any atom is 0.310 e. The molecule has 2 heterocycles. The highest BCUT2D eigenvalue weighted by Crippen LogP contribution is 2.31. The Bertz CT molecular complexity index is 1130. The molecule has 0 N–H and O–H groups in total. The van der Waals surface area contributed by atoms with Crippen LogP contribution in [0.4, 0.5) is 0 Å². The Labute approximate surface area is 207 Å². The average Bonchev–Trinajstić information content (AvgIpc) is 3.58. The number of aliphatic imine (C=N–C) groups is 1. The van der Waals surface area contributed by atoms with Gasteiger partial charge in [-0.1, -0.05) is 42.8 Å². The van der Waals surface area contributed by atoms with E-state index >= 15 is 0 Å². The zero-order valence-corrected chi connectivity index (χ0v) is 20.9. The minimum Gasteiger partial charge on any atom is -0.466 e. The quantitative estimate of drug-likeness (QED) is 0.324. The number of hydrogen-bond acceptors (Lipinski definition) is 8. The average molecular weight is 497 g/mol. The predicted octanol–water partition coefficient (Wildman–Crippen LogP) is 5.38. The molecule has 2 aliphatic rings. The number of ether oxygens (including phenoxy) is 1. The van der Waals surface area contributed by atoms with E-state index < -0.39 is 0 Å². The smallest absolute Gasteiger partial charge is 0.310 e. The highest BCUT2D eigenvalue weighted by molar-refractivity contribution is 8.15. The molecule has 1 aliphatic carbocycles. The molecule has 0 unspecified atom stereocenters. The number of thiazole rings is 1. The van der Waals surface area contributed by atoms with Crippen molar-refractivity contribution in [2.45, 2.75) is 62.5 Å². The van der Waals surface area contributed by atoms with Crippen molar-refractivity contribution in [3.8, 4) is 0 Å². The summed E-state index contributed by atoms with van der Waals surface area (Å²) in [5.74, 6) is -0.213. The zero-order valence-electron chi connectivity index (χ0n) is 19.2. The summed E-state index contributed by atoms with van der Waals surface area (Å²) in [4.78, 5) is 46.9. The molecule has 0 saturated heterocycles.